The van der Waals surface area contributed by atoms with E-state index in [0.717, 1.165) is 31.1 Å². The van der Waals surface area contributed by atoms with Crippen molar-refractivity contribution in [3.63, 3.8) is 0 Å². The van der Waals surface area contributed by atoms with E-state index in [-0.39, 0.29) is 6.04 Å². The Hall–Kier alpha value is -1.77. The van der Waals surface area contributed by atoms with Crippen LogP contribution < -0.4 is 15.4 Å². The van der Waals surface area contributed by atoms with Crippen LogP contribution in [0.1, 0.15) is 5.56 Å². The van der Waals surface area contributed by atoms with Gasteiger partial charge >= 0.3 is 0 Å². The van der Waals surface area contributed by atoms with Crippen molar-refractivity contribution in [1.29, 1.82) is 5.26 Å². The Labute approximate surface area is 114 Å². The second-order valence-electron chi connectivity index (χ2n) is 4.84. The molecule has 0 aliphatic carbocycles. The summed E-state index contributed by atoms with van der Waals surface area (Å²) in [7, 11) is 3.73. The van der Waals surface area contributed by atoms with Crippen LogP contribution in [-0.4, -0.2) is 51.3 Å². The second-order valence-corrected chi connectivity index (χ2v) is 4.84. The SMILES string of the molecule is COc1ccc(C#N)c(N2CCN(C)CC2CN)c1. The predicted octanol–water partition coefficient (Wildman–Crippen LogP) is 0.646. The topological polar surface area (TPSA) is 65.5 Å². The molecule has 1 heterocycles. The molecular weight excluding hydrogens is 240 g/mol. The van der Waals surface area contributed by atoms with Gasteiger partial charge in [-0.3, -0.25) is 0 Å². The summed E-state index contributed by atoms with van der Waals surface area (Å²) in [4.78, 5) is 4.49. The van der Waals surface area contributed by atoms with Crippen LogP contribution in [0.4, 0.5) is 5.69 Å². The van der Waals surface area contributed by atoms with Crippen molar-refractivity contribution >= 4 is 5.69 Å². The number of rotatable bonds is 3. The summed E-state index contributed by atoms with van der Waals surface area (Å²) in [6.07, 6.45) is 0. The maximum atomic E-state index is 9.26. The molecule has 2 rings (SSSR count). The van der Waals surface area contributed by atoms with E-state index in [1.807, 2.05) is 12.1 Å². The van der Waals surface area contributed by atoms with Gasteiger partial charge in [0.05, 0.1) is 24.4 Å². The molecule has 1 aromatic rings. The second kappa shape index (κ2) is 5.91. The van der Waals surface area contributed by atoms with Crippen LogP contribution in [0.25, 0.3) is 0 Å². The number of nitrogens with two attached hydrogens (primary N) is 1. The zero-order valence-corrected chi connectivity index (χ0v) is 11.5. The summed E-state index contributed by atoms with van der Waals surface area (Å²) >= 11 is 0. The third-order valence-corrected chi connectivity index (χ3v) is 3.59. The van der Waals surface area contributed by atoms with E-state index >= 15 is 0 Å². The highest BCUT2D eigenvalue weighted by Crippen LogP contribution is 2.28. The van der Waals surface area contributed by atoms with Crippen LogP contribution in [0.5, 0.6) is 5.75 Å². The first kappa shape index (κ1) is 13.7. The molecule has 0 spiro atoms. The number of methoxy groups -OCH3 is 1. The Morgan fingerprint density at radius 2 is 2.26 bits per heavy atom. The summed E-state index contributed by atoms with van der Waals surface area (Å²) in [5, 5.41) is 9.26. The monoisotopic (exact) mass is 260 g/mol. The van der Waals surface area contributed by atoms with Gasteiger partial charge in [0.25, 0.3) is 0 Å². The van der Waals surface area contributed by atoms with Crippen molar-refractivity contribution in [1.82, 2.24) is 4.90 Å². The average molecular weight is 260 g/mol. The maximum Gasteiger partial charge on any atom is 0.121 e. The van der Waals surface area contributed by atoms with E-state index in [1.54, 1.807) is 13.2 Å². The molecule has 1 aromatic carbocycles. The van der Waals surface area contributed by atoms with Crippen LogP contribution in [0.15, 0.2) is 18.2 Å². The van der Waals surface area contributed by atoms with Gasteiger partial charge in [-0.2, -0.15) is 5.26 Å². The third-order valence-electron chi connectivity index (χ3n) is 3.59. The lowest BCUT2D eigenvalue weighted by Gasteiger charge is -2.41. The van der Waals surface area contributed by atoms with Crippen molar-refractivity contribution in [3.05, 3.63) is 23.8 Å². The minimum absolute atomic E-state index is 0.234. The molecule has 0 saturated carbocycles. The Kier molecular flexibility index (Phi) is 4.25. The van der Waals surface area contributed by atoms with Crippen molar-refractivity contribution < 1.29 is 4.74 Å². The predicted molar refractivity (Wildman–Crippen MR) is 75.4 cm³/mol. The molecule has 0 radical (unpaired) electrons. The Morgan fingerprint density at radius 3 is 2.89 bits per heavy atom. The fourth-order valence-corrected chi connectivity index (χ4v) is 2.50. The first-order valence-electron chi connectivity index (χ1n) is 6.43. The van der Waals surface area contributed by atoms with Gasteiger partial charge in [0.2, 0.25) is 0 Å². The molecule has 1 fully saturated rings. The molecule has 1 aliphatic heterocycles. The molecular formula is C14H20N4O. The van der Waals surface area contributed by atoms with Gasteiger partial charge in [0.15, 0.2) is 0 Å². The van der Waals surface area contributed by atoms with E-state index in [0.29, 0.717) is 12.1 Å². The number of likely N-dealkylation sites (N-methyl/N-ethyl adjacent to an activating group) is 1. The largest absolute Gasteiger partial charge is 0.497 e. The van der Waals surface area contributed by atoms with Crippen LogP contribution >= 0.6 is 0 Å². The lowest BCUT2D eigenvalue weighted by Crippen LogP contribution is -2.55. The van der Waals surface area contributed by atoms with Crippen molar-refractivity contribution in [2.24, 2.45) is 5.73 Å². The standard InChI is InChI=1S/C14H20N4O/c1-17-5-6-18(12(9-16)10-17)14-7-13(19-2)4-3-11(14)8-15/h3-4,7,12H,5-6,9-10,16H2,1-2H3. The lowest BCUT2D eigenvalue weighted by molar-refractivity contribution is 0.269. The van der Waals surface area contributed by atoms with E-state index in [1.165, 1.54) is 0 Å². The van der Waals surface area contributed by atoms with E-state index in [9.17, 15) is 5.26 Å². The lowest BCUT2D eigenvalue weighted by atomic mass is 10.1. The molecule has 0 bridgehead atoms. The van der Waals surface area contributed by atoms with Gasteiger partial charge in [-0.05, 0) is 19.2 Å². The molecule has 1 unspecified atom stereocenters. The summed E-state index contributed by atoms with van der Waals surface area (Å²) in [5.74, 6) is 0.767. The number of hydrogen-bond acceptors (Lipinski definition) is 5. The number of ether oxygens (including phenoxy) is 1. The highest BCUT2D eigenvalue weighted by Gasteiger charge is 2.26. The van der Waals surface area contributed by atoms with Gasteiger partial charge in [0.1, 0.15) is 11.8 Å². The van der Waals surface area contributed by atoms with E-state index < -0.39 is 0 Å². The maximum absolute atomic E-state index is 9.26. The number of hydrogen-bond donors (Lipinski definition) is 1. The van der Waals surface area contributed by atoms with E-state index in [2.05, 4.69) is 22.9 Å². The van der Waals surface area contributed by atoms with Gasteiger partial charge in [-0.1, -0.05) is 0 Å². The van der Waals surface area contributed by atoms with Gasteiger partial charge < -0.3 is 20.3 Å². The van der Waals surface area contributed by atoms with Gasteiger partial charge in [-0.15, -0.1) is 0 Å². The molecule has 1 aliphatic rings. The molecule has 0 aromatic heterocycles. The summed E-state index contributed by atoms with van der Waals surface area (Å²) < 4.78 is 5.26. The minimum Gasteiger partial charge on any atom is -0.497 e. The minimum atomic E-state index is 0.234. The first-order valence-corrected chi connectivity index (χ1v) is 6.43. The van der Waals surface area contributed by atoms with Crippen LogP contribution in [0, 0.1) is 11.3 Å². The molecule has 5 nitrogen and oxygen atoms in total. The first-order chi connectivity index (χ1) is 9.19. The smallest absolute Gasteiger partial charge is 0.121 e. The molecule has 1 saturated heterocycles. The number of benzene rings is 1. The third kappa shape index (κ3) is 2.80. The summed E-state index contributed by atoms with van der Waals surface area (Å²) in [6.45, 7) is 3.34. The highest BCUT2D eigenvalue weighted by atomic mass is 16.5. The Morgan fingerprint density at radius 1 is 1.47 bits per heavy atom. The van der Waals surface area contributed by atoms with Crippen LogP contribution in [0.3, 0.4) is 0 Å². The Bertz CT molecular complexity index is 483. The number of nitrogens with zero attached hydrogens (tertiary/aromatic N) is 3. The van der Waals surface area contributed by atoms with Crippen molar-refractivity contribution in [2.45, 2.75) is 6.04 Å². The quantitative estimate of drug-likeness (QED) is 0.864. The fraction of sp³-hybridized carbons (Fsp3) is 0.500. The van der Waals surface area contributed by atoms with Gasteiger partial charge in [0, 0.05) is 32.2 Å². The molecule has 102 valence electrons. The zero-order valence-electron chi connectivity index (χ0n) is 11.5. The number of nitriles is 1. The number of anilines is 1. The molecule has 2 N–H and O–H groups in total. The van der Waals surface area contributed by atoms with Crippen LogP contribution in [-0.2, 0) is 0 Å². The van der Waals surface area contributed by atoms with E-state index in [4.69, 9.17) is 10.5 Å². The molecule has 19 heavy (non-hydrogen) atoms. The normalized spacial score (nSPS) is 20.1. The average Bonchev–Trinajstić information content (AvgIpc) is 2.46. The van der Waals surface area contributed by atoms with Gasteiger partial charge in [-0.25, -0.2) is 0 Å². The van der Waals surface area contributed by atoms with Crippen molar-refractivity contribution in [3.8, 4) is 11.8 Å². The zero-order chi connectivity index (χ0) is 13.8. The molecule has 1 atom stereocenters. The fourth-order valence-electron chi connectivity index (χ4n) is 2.50. The summed E-state index contributed by atoms with van der Waals surface area (Å²) in [6, 6.07) is 8.03. The molecule has 5 heteroatoms. The van der Waals surface area contributed by atoms with Crippen LogP contribution in [0.2, 0.25) is 0 Å². The summed E-state index contributed by atoms with van der Waals surface area (Å²) in [5.41, 5.74) is 7.46. The highest BCUT2D eigenvalue weighted by molar-refractivity contribution is 5.63. The molecule has 0 amide bonds. The number of piperazine rings is 1. The van der Waals surface area contributed by atoms with Crippen molar-refractivity contribution in [2.75, 3.05) is 45.2 Å². The Balaban J connectivity index is 2.36.